The van der Waals surface area contributed by atoms with Gasteiger partial charge in [0, 0.05) is 23.5 Å². The third kappa shape index (κ3) is 1.41. The summed E-state index contributed by atoms with van der Waals surface area (Å²) in [5.74, 6) is 0.522. The summed E-state index contributed by atoms with van der Waals surface area (Å²) in [7, 11) is 1.58. The number of hydrogen-bond donors (Lipinski definition) is 1. The maximum Gasteiger partial charge on any atom is 0.271 e. The van der Waals surface area contributed by atoms with Crippen LogP contribution in [0.15, 0.2) is 18.2 Å². The second-order valence-corrected chi connectivity index (χ2v) is 4.39. The second-order valence-electron chi connectivity index (χ2n) is 3.95. The van der Waals surface area contributed by atoms with E-state index in [9.17, 15) is 4.79 Å². The Labute approximate surface area is 103 Å². The second kappa shape index (κ2) is 3.67. The third-order valence-corrected chi connectivity index (χ3v) is 3.26. The van der Waals surface area contributed by atoms with Crippen LogP contribution in [0.3, 0.4) is 0 Å². The molecule has 0 unspecified atom stereocenters. The molecule has 88 valence electrons. The summed E-state index contributed by atoms with van der Waals surface area (Å²) in [5, 5.41) is 4.39. The summed E-state index contributed by atoms with van der Waals surface area (Å²) in [5.41, 5.74) is 1.52. The van der Waals surface area contributed by atoms with Gasteiger partial charge in [-0.2, -0.15) is 0 Å². The van der Waals surface area contributed by atoms with Gasteiger partial charge in [-0.15, -0.1) is 0 Å². The maximum absolute atomic E-state index is 11.9. The predicted molar refractivity (Wildman–Crippen MR) is 65.8 cm³/mol. The van der Waals surface area contributed by atoms with E-state index in [1.165, 1.54) is 0 Å². The van der Waals surface area contributed by atoms with Crippen molar-refractivity contribution in [2.75, 3.05) is 13.7 Å². The number of hydrogen-bond acceptors (Lipinski definition) is 2. The van der Waals surface area contributed by atoms with Crippen LogP contribution in [0.4, 0.5) is 0 Å². The molecule has 0 aliphatic carbocycles. The van der Waals surface area contributed by atoms with Gasteiger partial charge in [-0.3, -0.25) is 4.79 Å². The minimum atomic E-state index is -0.0968. The summed E-state index contributed by atoms with van der Waals surface area (Å²) >= 11 is 6.00. The van der Waals surface area contributed by atoms with Crippen LogP contribution >= 0.6 is 11.6 Å². The van der Waals surface area contributed by atoms with Crippen LogP contribution in [0.25, 0.3) is 10.9 Å². The van der Waals surface area contributed by atoms with E-state index < -0.39 is 0 Å². The Hall–Kier alpha value is -1.68. The molecule has 1 aliphatic rings. The van der Waals surface area contributed by atoms with Gasteiger partial charge in [-0.1, -0.05) is 11.6 Å². The highest BCUT2D eigenvalue weighted by atomic mass is 35.5. The topological polar surface area (TPSA) is 43.3 Å². The Balaban J connectivity index is 2.42. The molecule has 1 aromatic carbocycles. The lowest BCUT2D eigenvalue weighted by Crippen LogP contribution is -2.35. The lowest BCUT2D eigenvalue weighted by Gasteiger charge is -2.17. The Kier molecular flexibility index (Phi) is 2.26. The standard InChI is InChI=1S/C12H11ClN2O2/c1-17-11-8-3-2-7(13)6-9(8)15-5-4-14-12(16)10(11)15/h2-3,6H,4-5H2,1H3,(H,14,16). The van der Waals surface area contributed by atoms with Crippen molar-refractivity contribution < 1.29 is 9.53 Å². The third-order valence-electron chi connectivity index (χ3n) is 3.02. The number of benzene rings is 1. The summed E-state index contributed by atoms with van der Waals surface area (Å²) in [6, 6.07) is 5.55. The minimum absolute atomic E-state index is 0.0968. The van der Waals surface area contributed by atoms with Crippen molar-refractivity contribution in [2.45, 2.75) is 6.54 Å². The molecule has 5 heteroatoms. The SMILES string of the molecule is COc1c2n(c3cc(Cl)ccc13)CCNC2=O. The smallest absolute Gasteiger partial charge is 0.271 e. The van der Waals surface area contributed by atoms with Crippen LogP contribution in [-0.4, -0.2) is 24.1 Å². The monoisotopic (exact) mass is 250 g/mol. The number of amides is 1. The number of halogens is 1. The fourth-order valence-corrected chi connectivity index (χ4v) is 2.49. The van der Waals surface area contributed by atoms with Gasteiger partial charge in [0.1, 0.15) is 0 Å². The Bertz CT molecular complexity index is 618. The quantitative estimate of drug-likeness (QED) is 0.842. The first-order chi connectivity index (χ1) is 8.22. The number of ether oxygens (including phenoxy) is 1. The van der Waals surface area contributed by atoms with Gasteiger partial charge in [0.25, 0.3) is 5.91 Å². The largest absolute Gasteiger partial charge is 0.494 e. The molecule has 1 N–H and O–H groups in total. The van der Waals surface area contributed by atoms with E-state index >= 15 is 0 Å². The molecule has 1 aliphatic heterocycles. The first-order valence-corrected chi connectivity index (χ1v) is 5.74. The van der Waals surface area contributed by atoms with Gasteiger partial charge >= 0.3 is 0 Å². The normalized spacial score (nSPS) is 14.6. The number of nitrogens with zero attached hydrogens (tertiary/aromatic N) is 1. The zero-order valence-electron chi connectivity index (χ0n) is 9.29. The highest BCUT2D eigenvalue weighted by Gasteiger charge is 2.26. The highest BCUT2D eigenvalue weighted by molar-refractivity contribution is 6.31. The number of carbonyl (C=O) groups excluding carboxylic acids is 1. The van der Waals surface area contributed by atoms with Crippen molar-refractivity contribution in [1.82, 2.24) is 9.88 Å². The molecule has 0 saturated carbocycles. The molecule has 2 aromatic rings. The zero-order chi connectivity index (χ0) is 12.0. The number of carbonyl (C=O) groups is 1. The fourth-order valence-electron chi connectivity index (χ4n) is 2.32. The lowest BCUT2D eigenvalue weighted by atomic mass is 10.2. The Morgan fingerprint density at radius 3 is 3.06 bits per heavy atom. The van der Waals surface area contributed by atoms with Crippen LogP contribution in [-0.2, 0) is 6.54 Å². The summed E-state index contributed by atoms with van der Waals surface area (Å²) in [6.07, 6.45) is 0. The molecule has 2 heterocycles. The van der Waals surface area contributed by atoms with Gasteiger partial charge in [0.2, 0.25) is 0 Å². The van der Waals surface area contributed by atoms with Crippen molar-refractivity contribution in [2.24, 2.45) is 0 Å². The van der Waals surface area contributed by atoms with E-state index in [-0.39, 0.29) is 5.91 Å². The van der Waals surface area contributed by atoms with E-state index in [2.05, 4.69) is 5.32 Å². The van der Waals surface area contributed by atoms with Gasteiger partial charge in [-0.25, -0.2) is 0 Å². The van der Waals surface area contributed by atoms with Gasteiger partial charge in [0.05, 0.1) is 12.6 Å². The molecule has 1 amide bonds. The van der Waals surface area contributed by atoms with Crippen LogP contribution < -0.4 is 10.1 Å². The number of aromatic nitrogens is 1. The van der Waals surface area contributed by atoms with Crippen molar-refractivity contribution in [3.05, 3.63) is 28.9 Å². The fraction of sp³-hybridized carbons (Fsp3) is 0.250. The lowest BCUT2D eigenvalue weighted by molar-refractivity contribution is 0.0925. The first kappa shape index (κ1) is 10.5. The van der Waals surface area contributed by atoms with Crippen molar-refractivity contribution in [1.29, 1.82) is 0 Å². The average molecular weight is 251 g/mol. The summed E-state index contributed by atoms with van der Waals surface area (Å²) in [4.78, 5) is 11.9. The van der Waals surface area contributed by atoms with Crippen molar-refractivity contribution in [3.8, 4) is 5.75 Å². The van der Waals surface area contributed by atoms with Crippen molar-refractivity contribution in [3.63, 3.8) is 0 Å². The molecule has 0 atom stereocenters. The molecule has 0 bridgehead atoms. The Morgan fingerprint density at radius 2 is 2.29 bits per heavy atom. The maximum atomic E-state index is 11.9. The molecule has 0 radical (unpaired) electrons. The molecule has 0 spiro atoms. The van der Waals surface area contributed by atoms with Gasteiger partial charge < -0.3 is 14.6 Å². The first-order valence-electron chi connectivity index (χ1n) is 5.36. The van der Waals surface area contributed by atoms with Gasteiger partial charge in [-0.05, 0) is 18.2 Å². The number of methoxy groups -OCH3 is 1. The molecular formula is C12H11ClN2O2. The van der Waals surface area contributed by atoms with E-state index in [0.717, 1.165) is 17.4 Å². The average Bonchev–Trinajstić information content (AvgIpc) is 2.64. The highest BCUT2D eigenvalue weighted by Crippen LogP contribution is 2.35. The molecule has 3 rings (SSSR count). The Morgan fingerprint density at radius 1 is 1.47 bits per heavy atom. The van der Waals surface area contributed by atoms with Crippen LogP contribution in [0.1, 0.15) is 10.5 Å². The minimum Gasteiger partial charge on any atom is -0.494 e. The predicted octanol–water partition coefficient (Wildman–Crippen LogP) is 2.05. The van der Waals surface area contributed by atoms with Crippen LogP contribution in [0.2, 0.25) is 5.02 Å². The molecule has 1 aromatic heterocycles. The molecule has 17 heavy (non-hydrogen) atoms. The van der Waals surface area contributed by atoms with E-state index in [0.29, 0.717) is 23.0 Å². The number of nitrogens with one attached hydrogen (secondary N) is 1. The zero-order valence-corrected chi connectivity index (χ0v) is 10.0. The summed E-state index contributed by atoms with van der Waals surface area (Å²) < 4.78 is 7.31. The molecule has 0 saturated heterocycles. The number of fused-ring (bicyclic) bond motifs is 3. The molecule has 4 nitrogen and oxygen atoms in total. The van der Waals surface area contributed by atoms with E-state index in [1.54, 1.807) is 13.2 Å². The number of rotatable bonds is 1. The van der Waals surface area contributed by atoms with E-state index in [4.69, 9.17) is 16.3 Å². The molecular weight excluding hydrogens is 240 g/mol. The van der Waals surface area contributed by atoms with Crippen LogP contribution in [0.5, 0.6) is 5.75 Å². The van der Waals surface area contributed by atoms with Gasteiger partial charge in [0.15, 0.2) is 11.4 Å². The van der Waals surface area contributed by atoms with Crippen molar-refractivity contribution >= 4 is 28.4 Å². The summed E-state index contributed by atoms with van der Waals surface area (Å²) in [6.45, 7) is 1.37. The van der Waals surface area contributed by atoms with Crippen LogP contribution in [0, 0.1) is 0 Å². The molecule has 0 fully saturated rings. The van der Waals surface area contributed by atoms with E-state index in [1.807, 2.05) is 16.7 Å².